The summed E-state index contributed by atoms with van der Waals surface area (Å²) in [6, 6.07) is 6.36. The normalized spacial score (nSPS) is 25.3. The number of piperidine rings is 1. The Kier molecular flexibility index (Phi) is 4.04. The van der Waals surface area contributed by atoms with Gasteiger partial charge in [-0.05, 0) is 49.8 Å². The topological polar surface area (TPSA) is 58.4 Å². The Morgan fingerprint density at radius 3 is 2.76 bits per heavy atom. The minimum Gasteiger partial charge on any atom is -0.397 e. The molecule has 4 nitrogen and oxygen atoms in total. The highest BCUT2D eigenvalue weighted by Crippen LogP contribution is 2.39. The van der Waals surface area contributed by atoms with E-state index in [4.69, 9.17) is 5.73 Å². The number of carbonyl (C=O) groups is 1. The number of nitrogen functional groups attached to an aromatic ring is 1. The molecule has 2 fully saturated rings. The van der Waals surface area contributed by atoms with Crippen LogP contribution in [0.1, 0.15) is 48.9 Å². The van der Waals surface area contributed by atoms with Crippen LogP contribution in [0.2, 0.25) is 0 Å². The Hall–Kier alpha value is -1.71. The number of amides is 1. The highest BCUT2D eigenvalue weighted by molar-refractivity contribution is 5.96. The van der Waals surface area contributed by atoms with E-state index in [0.717, 1.165) is 23.8 Å². The standard InChI is InChI=1S/C17H25N3O/c1-19-17(21)13-8-9-16(14(18)11-13)20-10-4-6-12-5-2-3-7-15(12)20/h8-9,11-12,15H,2-7,10,18H2,1H3,(H,19,21). The molecule has 3 rings (SSSR count). The van der Waals surface area contributed by atoms with Crippen molar-refractivity contribution in [2.75, 3.05) is 24.2 Å². The minimum absolute atomic E-state index is 0.0811. The molecule has 21 heavy (non-hydrogen) atoms. The molecule has 1 saturated carbocycles. The molecule has 114 valence electrons. The van der Waals surface area contributed by atoms with Crippen molar-refractivity contribution in [3.63, 3.8) is 0 Å². The number of anilines is 2. The average molecular weight is 287 g/mol. The van der Waals surface area contributed by atoms with Crippen molar-refractivity contribution in [1.29, 1.82) is 0 Å². The molecule has 1 aliphatic heterocycles. The second-order valence-corrected chi connectivity index (χ2v) is 6.30. The molecular weight excluding hydrogens is 262 g/mol. The summed E-state index contributed by atoms with van der Waals surface area (Å²) in [6.45, 7) is 1.09. The zero-order valence-corrected chi connectivity index (χ0v) is 12.8. The van der Waals surface area contributed by atoms with Crippen LogP contribution in [0.4, 0.5) is 11.4 Å². The molecular formula is C17H25N3O. The van der Waals surface area contributed by atoms with Gasteiger partial charge in [-0.2, -0.15) is 0 Å². The van der Waals surface area contributed by atoms with Gasteiger partial charge in [-0.15, -0.1) is 0 Å². The fraction of sp³-hybridized carbons (Fsp3) is 0.588. The molecule has 1 aromatic rings. The Morgan fingerprint density at radius 2 is 2.00 bits per heavy atom. The van der Waals surface area contributed by atoms with Gasteiger partial charge in [-0.1, -0.05) is 12.8 Å². The van der Waals surface area contributed by atoms with Gasteiger partial charge in [0.2, 0.25) is 0 Å². The molecule has 1 aromatic carbocycles. The van der Waals surface area contributed by atoms with E-state index in [1.807, 2.05) is 12.1 Å². The van der Waals surface area contributed by atoms with E-state index < -0.39 is 0 Å². The second kappa shape index (κ2) is 5.96. The van der Waals surface area contributed by atoms with Crippen LogP contribution in [0, 0.1) is 5.92 Å². The molecule has 1 aliphatic carbocycles. The Balaban J connectivity index is 1.86. The highest BCUT2D eigenvalue weighted by atomic mass is 16.1. The first-order valence-electron chi connectivity index (χ1n) is 8.09. The van der Waals surface area contributed by atoms with Crippen LogP contribution in [0.25, 0.3) is 0 Å². The third-order valence-corrected chi connectivity index (χ3v) is 5.07. The molecule has 2 unspecified atom stereocenters. The smallest absolute Gasteiger partial charge is 0.251 e. The van der Waals surface area contributed by atoms with Crippen molar-refractivity contribution in [1.82, 2.24) is 5.32 Å². The summed E-state index contributed by atoms with van der Waals surface area (Å²) in [7, 11) is 1.64. The third kappa shape index (κ3) is 2.71. The average Bonchev–Trinajstić information content (AvgIpc) is 2.53. The van der Waals surface area contributed by atoms with Gasteiger partial charge >= 0.3 is 0 Å². The number of hydrogen-bond donors (Lipinski definition) is 2. The molecule has 1 saturated heterocycles. The van der Waals surface area contributed by atoms with Gasteiger partial charge in [0.25, 0.3) is 5.91 Å². The summed E-state index contributed by atoms with van der Waals surface area (Å²) in [5, 5.41) is 2.64. The molecule has 0 aromatic heterocycles. The highest BCUT2D eigenvalue weighted by Gasteiger charge is 2.33. The lowest BCUT2D eigenvalue weighted by Crippen LogP contribution is -2.47. The number of hydrogen-bond acceptors (Lipinski definition) is 3. The van der Waals surface area contributed by atoms with Crippen LogP contribution in [-0.2, 0) is 0 Å². The predicted octanol–water partition coefficient (Wildman–Crippen LogP) is 2.79. The van der Waals surface area contributed by atoms with Gasteiger partial charge < -0.3 is 16.0 Å². The van der Waals surface area contributed by atoms with E-state index in [1.54, 1.807) is 13.1 Å². The van der Waals surface area contributed by atoms with E-state index in [0.29, 0.717) is 11.6 Å². The molecule has 0 spiro atoms. The van der Waals surface area contributed by atoms with E-state index in [-0.39, 0.29) is 5.91 Å². The Bertz CT molecular complexity index is 527. The van der Waals surface area contributed by atoms with Crippen LogP contribution in [0.3, 0.4) is 0 Å². The number of nitrogens with zero attached hydrogens (tertiary/aromatic N) is 1. The number of fused-ring (bicyclic) bond motifs is 1. The van der Waals surface area contributed by atoms with E-state index in [2.05, 4.69) is 10.2 Å². The predicted molar refractivity (Wildman–Crippen MR) is 86.6 cm³/mol. The van der Waals surface area contributed by atoms with Crippen LogP contribution in [0.15, 0.2) is 18.2 Å². The third-order valence-electron chi connectivity index (χ3n) is 5.07. The fourth-order valence-corrected chi connectivity index (χ4v) is 4.03. The first kappa shape index (κ1) is 14.2. The SMILES string of the molecule is CNC(=O)c1ccc(N2CCCC3CCCCC32)c(N)c1. The fourth-order valence-electron chi connectivity index (χ4n) is 4.03. The van der Waals surface area contributed by atoms with Crippen molar-refractivity contribution in [3.05, 3.63) is 23.8 Å². The van der Waals surface area contributed by atoms with Crippen molar-refractivity contribution >= 4 is 17.3 Å². The molecule has 1 amide bonds. The molecule has 0 radical (unpaired) electrons. The molecule has 4 heteroatoms. The lowest BCUT2D eigenvalue weighted by Gasteiger charge is -2.45. The summed E-state index contributed by atoms with van der Waals surface area (Å²) < 4.78 is 0. The van der Waals surface area contributed by atoms with Gasteiger partial charge in [0, 0.05) is 25.2 Å². The van der Waals surface area contributed by atoms with Crippen molar-refractivity contribution in [3.8, 4) is 0 Å². The zero-order chi connectivity index (χ0) is 14.8. The zero-order valence-electron chi connectivity index (χ0n) is 12.8. The maximum Gasteiger partial charge on any atom is 0.251 e. The number of carbonyl (C=O) groups excluding carboxylic acids is 1. The Morgan fingerprint density at radius 1 is 1.24 bits per heavy atom. The molecule has 2 atom stereocenters. The maximum atomic E-state index is 11.7. The van der Waals surface area contributed by atoms with Gasteiger partial charge in [-0.25, -0.2) is 0 Å². The van der Waals surface area contributed by atoms with E-state index in [1.165, 1.54) is 38.5 Å². The summed E-state index contributed by atoms with van der Waals surface area (Å²) in [4.78, 5) is 14.2. The Labute approximate surface area is 126 Å². The summed E-state index contributed by atoms with van der Waals surface area (Å²) in [6.07, 6.45) is 7.95. The largest absolute Gasteiger partial charge is 0.397 e. The quantitative estimate of drug-likeness (QED) is 0.822. The number of benzene rings is 1. The molecule has 1 heterocycles. The van der Waals surface area contributed by atoms with E-state index in [9.17, 15) is 4.79 Å². The first-order chi connectivity index (χ1) is 10.2. The van der Waals surface area contributed by atoms with Crippen molar-refractivity contribution < 1.29 is 4.79 Å². The van der Waals surface area contributed by atoms with Gasteiger partial charge in [0.1, 0.15) is 0 Å². The second-order valence-electron chi connectivity index (χ2n) is 6.30. The molecule has 3 N–H and O–H groups in total. The van der Waals surface area contributed by atoms with Crippen LogP contribution in [0.5, 0.6) is 0 Å². The van der Waals surface area contributed by atoms with Gasteiger partial charge in [0.15, 0.2) is 0 Å². The lowest BCUT2D eigenvalue weighted by molar-refractivity contribution is 0.0963. The summed E-state index contributed by atoms with van der Waals surface area (Å²) in [5.74, 6) is 0.743. The van der Waals surface area contributed by atoms with Crippen molar-refractivity contribution in [2.24, 2.45) is 5.92 Å². The molecule has 2 aliphatic rings. The van der Waals surface area contributed by atoms with Gasteiger partial charge in [-0.3, -0.25) is 4.79 Å². The van der Waals surface area contributed by atoms with E-state index >= 15 is 0 Å². The number of nitrogens with one attached hydrogen (secondary N) is 1. The van der Waals surface area contributed by atoms with Crippen LogP contribution < -0.4 is 16.0 Å². The lowest BCUT2D eigenvalue weighted by atomic mass is 9.78. The monoisotopic (exact) mass is 287 g/mol. The number of rotatable bonds is 2. The number of nitrogens with two attached hydrogens (primary N) is 1. The van der Waals surface area contributed by atoms with Crippen molar-refractivity contribution in [2.45, 2.75) is 44.6 Å². The van der Waals surface area contributed by atoms with Gasteiger partial charge in [0.05, 0.1) is 11.4 Å². The van der Waals surface area contributed by atoms with Crippen LogP contribution in [-0.4, -0.2) is 25.5 Å². The molecule has 0 bridgehead atoms. The summed E-state index contributed by atoms with van der Waals surface area (Å²) in [5.41, 5.74) is 8.71. The minimum atomic E-state index is -0.0811. The summed E-state index contributed by atoms with van der Waals surface area (Å²) >= 11 is 0. The van der Waals surface area contributed by atoms with Crippen LogP contribution >= 0.6 is 0 Å². The maximum absolute atomic E-state index is 11.7. The first-order valence-corrected chi connectivity index (χ1v) is 8.09.